The molecule has 4 unspecified atom stereocenters. The van der Waals surface area contributed by atoms with Gasteiger partial charge in [0.1, 0.15) is 0 Å². The monoisotopic (exact) mass is 340 g/mol. The molecule has 0 heterocycles. The van der Waals surface area contributed by atoms with E-state index in [0.717, 1.165) is 24.0 Å². The number of phenolic OH excluding ortho intramolecular Hbond substituents is 4. The summed E-state index contributed by atoms with van der Waals surface area (Å²) in [5, 5.41) is 39.3. The van der Waals surface area contributed by atoms with Crippen LogP contribution in [0.4, 0.5) is 0 Å². The Labute approximate surface area is 147 Å². The van der Waals surface area contributed by atoms with Gasteiger partial charge in [-0.3, -0.25) is 0 Å². The van der Waals surface area contributed by atoms with E-state index in [-0.39, 0.29) is 40.2 Å². The summed E-state index contributed by atoms with van der Waals surface area (Å²) in [6, 6.07) is 10.2. The second-order valence-electron chi connectivity index (χ2n) is 8.16. The molecule has 2 aromatic carbocycles. The molecule has 0 aromatic heterocycles. The molecule has 0 radical (unpaired) electrons. The lowest BCUT2D eigenvalue weighted by molar-refractivity contribution is 0.249. The molecular formula is C21H24O4. The molecule has 2 aromatic rings. The van der Waals surface area contributed by atoms with Gasteiger partial charge >= 0.3 is 0 Å². The number of phenols is 4. The second-order valence-corrected chi connectivity index (χ2v) is 8.16. The van der Waals surface area contributed by atoms with Gasteiger partial charge in [-0.05, 0) is 77.3 Å². The Bertz CT molecular complexity index is 759. The largest absolute Gasteiger partial charge is 0.504 e. The zero-order valence-corrected chi connectivity index (χ0v) is 14.5. The predicted molar refractivity (Wildman–Crippen MR) is 95.0 cm³/mol. The average molecular weight is 340 g/mol. The minimum absolute atomic E-state index is 0.0922. The van der Waals surface area contributed by atoms with Gasteiger partial charge in [0, 0.05) is 0 Å². The summed E-state index contributed by atoms with van der Waals surface area (Å²) in [5.41, 5.74) is 2.21. The maximum Gasteiger partial charge on any atom is 0.157 e. The van der Waals surface area contributed by atoms with Crippen LogP contribution < -0.4 is 0 Å². The van der Waals surface area contributed by atoms with Crippen LogP contribution in [0.1, 0.15) is 49.7 Å². The first-order valence-electron chi connectivity index (χ1n) is 8.84. The van der Waals surface area contributed by atoms with E-state index >= 15 is 0 Å². The molecule has 132 valence electrons. The standard InChI is InChI=1S/C21H24O4/c1-21(2)13-5-6-14(21)20(12-4-8-16(23)18(25)10-12)19(13)11-3-7-15(22)17(24)9-11/h3-4,7-10,13-14,19-20,22-25H,5-6H2,1-2H3. The lowest BCUT2D eigenvalue weighted by Crippen LogP contribution is -2.19. The molecule has 25 heavy (non-hydrogen) atoms. The third-order valence-electron chi connectivity index (χ3n) is 6.72. The van der Waals surface area contributed by atoms with Crippen molar-refractivity contribution in [2.24, 2.45) is 17.3 Å². The topological polar surface area (TPSA) is 80.9 Å². The number of benzene rings is 2. The Balaban J connectivity index is 1.84. The van der Waals surface area contributed by atoms with Crippen LogP contribution >= 0.6 is 0 Å². The number of hydrogen-bond donors (Lipinski definition) is 4. The van der Waals surface area contributed by atoms with Crippen molar-refractivity contribution in [1.29, 1.82) is 0 Å². The molecule has 0 amide bonds. The van der Waals surface area contributed by atoms with Crippen LogP contribution in [-0.4, -0.2) is 20.4 Å². The molecule has 2 aliphatic rings. The zero-order chi connectivity index (χ0) is 17.9. The zero-order valence-electron chi connectivity index (χ0n) is 14.5. The van der Waals surface area contributed by atoms with Crippen LogP contribution in [0, 0.1) is 17.3 Å². The summed E-state index contributed by atoms with van der Waals surface area (Å²) in [4.78, 5) is 0. The molecule has 0 saturated heterocycles. The molecule has 4 N–H and O–H groups in total. The Hall–Kier alpha value is -2.36. The first-order valence-corrected chi connectivity index (χ1v) is 8.84. The van der Waals surface area contributed by atoms with Gasteiger partial charge in [0.2, 0.25) is 0 Å². The highest BCUT2D eigenvalue weighted by Crippen LogP contribution is 2.69. The third kappa shape index (κ3) is 2.27. The van der Waals surface area contributed by atoms with Gasteiger partial charge in [0.05, 0.1) is 0 Å². The van der Waals surface area contributed by atoms with Crippen molar-refractivity contribution in [2.45, 2.75) is 38.5 Å². The van der Waals surface area contributed by atoms with Crippen LogP contribution in [-0.2, 0) is 0 Å². The van der Waals surface area contributed by atoms with Crippen molar-refractivity contribution >= 4 is 0 Å². The third-order valence-corrected chi connectivity index (χ3v) is 6.72. The molecule has 2 bridgehead atoms. The second kappa shape index (κ2) is 5.32. The smallest absolute Gasteiger partial charge is 0.157 e. The van der Waals surface area contributed by atoms with Crippen LogP contribution in [0.15, 0.2) is 36.4 Å². The van der Waals surface area contributed by atoms with Crippen LogP contribution in [0.2, 0.25) is 0 Å². The molecule has 4 nitrogen and oxygen atoms in total. The maximum atomic E-state index is 9.97. The van der Waals surface area contributed by atoms with Crippen LogP contribution in [0.5, 0.6) is 23.0 Å². The van der Waals surface area contributed by atoms with Crippen molar-refractivity contribution in [1.82, 2.24) is 0 Å². The van der Waals surface area contributed by atoms with Gasteiger partial charge in [0.25, 0.3) is 0 Å². The van der Waals surface area contributed by atoms with Crippen molar-refractivity contribution in [2.75, 3.05) is 0 Å². The number of fused-ring (bicyclic) bond motifs is 2. The Morgan fingerprint density at radius 3 is 1.44 bits per heavy atom. The van der Waals surface area contributed by atoms with E-state index in [1.807, 2.05) is 12.1 Å². The molecule has 4 heteroatoms. The predicted octanol–water partition coefficient (Wildman–Crippen LogP) is 4.44. The molecule has 0 aliphatic heterocycles. The molecule has 4 atom stereocenters. The van der Waals surface area contributed by atoms with E-state index in [1.165, 1.54) is 0 Å². The van der Waals surface area contributed by atoms with Crippen molar-refractivity contribution < 1.29 is 20.4 Å². The Morgan fingerprint density at radius 1 is 0.680 bits per heavy atom. The number of aromatic hydroxyl groups is 4. The first kappa shape index (κ1) is 16.1. The lowest BCUT2D eigenvalue weighted by Gasteiger charge is -2.32. The molecule has 2 saturated carbocycles. The molecular weight excluding hydrogens is 316 g/mol. The van der Waals surface area contributed by atoms with E-state index in [1.54, 1.807) is 24.3 Å². The van der Waals surface area contributed by atoms with Gasteiger partial charge in [-0.2, -0.15) is 0 Å². The van der Waals surface area contributed by atoms with E-state index < -0.39 is 0 Å². The van der Waals surface area contributed by atoms with E-state index in [9.17, 15) is 20.4 Å². The highest BCUT2D eigenvalue weighted by molar-refractivity contribution is 5.47. The normalized spacial score (nSPS) is 29.8. The average Bonchev–Trinajstić information content (AvgIpc) is 2.98. The van der Waals surface area contributed by atoms with E-state index in [0.29, 0.717) is 11.8 Å². The Kier molecular flexibility index (Phi) is 3.43. The molecule has 2 fully saturated rings. The minimum Gasteiger partial charge on any atom is -0.504 e. The lowest BCUT2D eigenvalue weighted by atomic mass is 9.72. The SMILES string of the molecule is CC1(C)C2CCC1C(c1ccc(O)c(O)c1)C2c1ccc(O)c(O)c1. The first-order chi connectivity index (χ1) is 11.8. The Morgan fingerprint density at radius 2 is 1.08 bits per heavy atom. The maximum absolute atomic E-state index is 9.97. The van der Waals surface area contributed by atoms with Gasteiger partial charge in [0.15, 0.2) is 23.0 Å². The summed E-state index contributed by atoms with van der Waals surface area (Å²) >= 11 is 0. The van der Waals surface area contributed by atoms with Crippen molar-refractivity contribution in [3.8, 4) is 23.0 Å². The van der Waals surface area contributed by atoms with Crippen LogP contribution in [0.3, 0.4) is 0 Å². The summed E-state index contributed by atoms with van der Waals surface area (Å²) < 4.78 is 0. The van der Waals surface area contributed by atoms with Crippen LogP contribution in [0.25, 0.3) is 0 Å². The minimum atomic E-state index is -0.106. The fraction of sp³-hybridized carbons (Fsp3) is 0.429. The van der Waals surface area contributed by atoms with E-state index in [4.69, 9.17) is 0 Å². The van der Waals surface area contributed by atoms with E-state index in [2.05, 4.69) is 13.8 Å². The number of hydrogen-bond acceptors (Lipinski definition) is 4. The molecule has 4 rings (SSSR count). The van der Waals surface area contributed by atoms with Crippen molar-refractivity contribution in [3.63, 3.8) is 0 Å². The fourth-order valence-corrected chi connectivity index (χ4v) is 5.54. The quantitative estimate of drug-likeness (QED) is 0.609. The number of rotatable bonds is 2. The highest BCUT2D eigenvalue weighted by atomic mass is 16.3. The fourth-order valence-electron chi connectivity index (χ4n) is 5.54. The summed E-state index contributed by atoms with van der Waals surface area (Å²) in [6.07, 6.45) is 2.29. The summed E-state index contributed by atoms with van der Waals surface area (Å²) in [7, 11) is 0. The highest BCUT2D eigenvalue weighted by Gasteiger charge is 2.59. The van der Waals surface area contributed by atoms with Gasteiger partial charge in [-0.15, -0.1) is 0 Å². The molecule has 2 aliphatic carbocycles. The summed E-state index contributed by atoms with van der Waals surface area (Å²) in [5.74, 6) is 0.976. The molecule has 0 spiro atoms. The van der Waals surface area contributed by atoms with Gasteiger partial charge < -0.3 is 20.4 Å². The van der Waals surface area contributed by atoms with Gasteiger partial charge in [-0.25, -0.2) is 0 Å². The van der Waals surface area contributed by atoms with Gasteiger partial charge in [-0.1, -0.05) is 26.0 Å². The van der Waals surface area contributed by atoms with Crippen molar-refractivity contribution in [3.05, 3.63) is 47.5 Å². The summed E-state index contributed by atoms with van der Waals surface area (Å²) in [6.45, 7) is 4.62.